The lowest BCUT2D eigenvalue weighted by Gasteiger charge is -2.43. The molecule has 0 aromatic rings. The Morgan fingerprint density at radius 2 is 1.48 bits per heavy atom. The summed E-state index contributed by atoms with van der Waals surface area (Å²) in [6, 6.07) is 0. The van der Waals surface area contributed by atoms with Gasteiger partial charge >= 0.3 is 17.9 Å². The van der Waals surface area contributed by atoms with Crippen LogP contribution in [-0.2, 0) is 33.3 Å². The van der Waals surface area contributed by atoms with Crippen molar-refractivity contribution in [1.82, 2.24) is 0 Å². The number of terminal acetylenes is 1. The Morgan fingerprint density at radius 3 is 1.96 bits per heavy atom. The number of carbonyl (C=O) groups excluding carboxylic acids is 3. The van der Waals surface area contributed by atoms with Crippen molar-refractivity contribution >= 4 is 29.7 Å². The van der Waals surface area contributed by atoms with Crippen LogP contribution in [0.15, 0.2) is 0 Å². The van der Waals surface area contributed by atoms with Crippen LogP contribution in [0.25, 0.3) is 0 Å². The van der Waals surface area contributed by atoms with Crippen molar-refractivity contribution in [2.45, 2.75) is 57.5 Å². The predicted octanol–water partition coefficient (Wildman–Crippen LogP) is 0.893. The van der Waals surface area contributed by atoms with E-state index in [-0.39, 0.29) is 0 Å². The van der Waals surface area contributed by atoms with Gasteiger partial charge in [-0.3, -0.25) is 14.4 Å². The number of hydrogen-bond acceptors (Lipinski definition) is 8. The molecule has 0 radical (unpaired) electrons. The first-order valence-electron chi connectivity index (χ1n) is 6.98. The maximum Gasteiger partial charge on any atom is 0.303 e. The third kappa shape index (κ3) is 5.77. The summed E-state index contributed by atoms with van der Waals surface area (Å²) in [4.78, 5) is 34.1. The predicted molar refractivity (Wildman–Crippen MR) is 82.3 cm³/mol. The van der Waals surface area contributed by atoms with Gasteiger partial charge in [0.1, 0.15) is 5.44 Å². The third-order valence-corrected chi connectivity index (χ3v) is 4.01. The highest BCUT2D eigenvalue weighted by Crippen LogP contribution is 2.33. The van der Waals surface area contributed by atoms with Gasteiger partial charge in [-0.1, -0.05) is 5.92 Å². The fourth-order valence-electron chi connectivity index (χ4n) is 2.23. The van der Waals surface area contributed by atoms with Crippen LogP contribution in [-0.4, -0.2) is 53.5 Å². The molecule has 5 unspecified atom stereocenters. The first-order chi connectivity index (χ1) is 10.8. The van der Waals surface area contributed by atoms with E-state index in [1.807, 2.05) is 0 Å². The molecule has 1 heterocycles. The number of carbonyl (C=O) groups is 3. The zero-order chi connectivity index (χ0) is 17.6. The molecule has 0 amide bonds. The topological polar surface area (TPSA) is 88.1 Å². The van der Waals surface area contributed by atoms with Gasteiger partial charge in [-0.05, 0) is 6.92 Å². The lowest BCUT2D eigenvalue weighted by atomic mass is 10.00. The van der Waals surface area contributed by atoms with E-state index in [1.54, 1.807) is 6.92 Å². The second-order valence-corrected chi connectivity index (χ2v) is 6.03. The van der Waals surface area contributed by atoms with Crippen LogP contribution in [0.2, 0.25) is 0 Å². The minimum Gasteiger partial charge on any atom is -0.456 e. The van der Waals surface area contributed by atoms with Gasteiger partial charge in [-0.15, -0.1) is 18.2 Å². The number of hydrogen-bond donors (Lipinski definition) is 0. The molecule has 1 rings (SSSR count). The molecule has 23 heavy (non-hydrogen) atoms. The van der Waals surface area contributed by atoms with Gasteiger partial charge in [0.15, 0.2) is 18.3 Å². The Kier molecular flexibility index (Phi) is 7.39. The highest BCUT2D eigenvalue weighted by Gasteiger charge is 2.50. The molecule has 1 fully saturated rings. The van der Waals surface area contributed by atoms with Crippen molar-refractivity contribution in [2.24, 2.45) is 0 Å². The van der Waals surface area contributed by atoms with E-state index in [1.165, 1.54) is 32.5 Å². The van der Waals surface area contributed by atoms with E-state index in [4.69, 9.17) is 25.4 Å². The Hall–Kier alpha value is -1.72. The number of esters is 3. The van der Waals surface area contributed by atoms with Crippen molar-refractivity contribution in [3.63, 3.8) is 0 Å². The average Bonchev–Trinajstić information content (AvgIpc) is 2.42. The highest BCUT2D eigenvalue weighted by atomic mass is 32.2. The molecule has 7 nitrogen and oxygen atoms in total. The highest BCUT2D eigenvalue weighted by molar-refractivity contribution is 8.00. The van der Waals surface area contributed by atoms with Crippen LogP contribution in [0, 0.1) is 12.3 Å². The molecule has 0 saturated carbocycles. The van der Waals surface area contributed by atoms with E-state index in [9.17, 15) is 14.4 Å². The van der Waals surface area contributed by atoms with Crippen LogP contribution in [0.3, 0.4) is 0 Å². The van der Waals surface area contributed by atoms with Gasteiger partial charge in [-0.25, -0.2) is 0 Å². The van der Waals surface area contributed by atoms with Crippen LogP contribution in [0.1, 0.15) is 27.7 Å². The summed E-state index contributed by atoms with van der Waals surface area (Å²) in [5.74, 6) is 1.06. The van der Waals surface area contributed by atoms with Gasteiger partial charge in [0.25, 0.3) is 0 Å². The summed E-state index contributed by atoms with van der Waals surface area (Å²) >= 11 is 1.24. The molecule has 1 aliphatic heterocycles. The van der Waals surface area contributed by atoms with Gasteiger partial charge < -0.3 is 18.9 Å². The number of thioether (sulfide) groups is 1. The van der Waals surface area contributed by atoms with Crippen LogP contribution in [0.4, 0.5) is 0 Å². The smallest absolute Gasteiger partial charge is 0.303 e. The fourth-order valence-corrected chi connectivity index (χ4v) is 3.15. The largest absolute Gasteiger partial charge is 0.456 e. The van der Waals surface area contributed by atoms with Crippen molar-refractivity contribution in [3.8, 4) is 12.3 Å². The Labute approximate surface area is 139 Å². The van der Waals surface area contributed by atoms with Crippen molar-refractivity contribution in [3.05, 3.63) is 0 Å². The quantitative estimate of drug-likeness (QED) is 0.413. The molecule has 0 bridgehead atoms. The fraction of sp³-hybridized carbons (Fsp3) is 0.667. The van der Waals surface area contributed by atoms with E-state index in [0.717, 1.165) is 0 Å². The minimum atomic E-state index is -0.973. The van der Waals surface area contributed by atoms with Crippen LogP contribution >= 0.6 is 11.8 Å². The second-order valence-electron chi connectivity index (χ2n) is 4.95. The molecule has 128 valence electrons. The van der Waals surface area contributed by atoms with Gasteiger partial charge in [-0.2, -0.15) is 0 Å². The minimum absolute atomic E-state index is 0.320. The molecular formula is C15H20O7S. The Balaban J connectivity index is 3.11. The maximum absolute atomic E-state index is 11.4. The zero-order valence-corrected chi connectivity index (χ0v) is 14.3. The summed E-state index contributed by atoms with van der Waals surface area (Å²) in [5, 5.41) is 0. The summed E-state index contributed by atoms with van der Waals surface area (Å²) in [5.41, 5.74) is -0.638. The normalized spacial score (nSPS) is 30.0. The second kappa shape index (κ2) is 8.79. The van der Waals surface area contributed by atoms with Crippen molar-refractivity contribution in [1.29, 1.82) is 0 Å². The maximum atomic E-state index is 11.4. The van der Waals surface area contributed by atoms with Crippen LogP contribution < -0.4 is 0 Å². The van der Waals surface area contributed by atoms with E-state index in [2.05, 4.69) is 5.92 Å². The monoisotopic (exact) mass is 344 g/mol. The molecule has 0 N–H and O–H groups in total. The van der Waals surface area contributed by atoms with Gasteiger partial charge in [0, 0.05) is 20.8 Å². The average molecular weight is 344 g/mol. The summed E-state index contributed by atoms with van der Waals surface area (Å²) in [7, 11) is 0. The summed E-state index contributed by atoms with van der Waals surface area (Å²) in [6.07, 6.45) is 1.89. The molecule has 1 saturated heterocycles. The van der Waals surface area contributed by atoms with E-state index >= 15 is 0 Å². The first kappa shape index (κ1) is 19.3. The number of rotatable bonds is 5. The SMILES string of the molecule is C#CCSC1OC(C)C(OC(C)=O)C(OC(C)=O)C1OC(C)=O. The molecular weight excluding hydrogens is 324 g/mol. The molecule has 5 atom stereocenters. The van der Waals surface area contributed by atoms with E-state index < -0.39 is 47.8 Å². The summed E-state index contributed by atoms with van der Waals surface area (Å²) in [6.45, 7) is 5.36. The Bertz CT molecular complexity index is 499. The third-order valence-electron chi connectivity index (χ3n) is 2.96. The standard InChI is InChI=1S/C15H20O7S/c1-6-7-23-15-14(22-11(5)18)13(21-10(4)17)12(8(2)19-15)20-9(3)16/h1,8,12-15H,7H2,2-5H3. The Morgan fingerprint density at radius 1 is 1.00 bits per heavy atom. The molecule has 0 spiro atoms. The summed E-state index contributed by atoms with van der Waals surface area (Å²) < 4.78 is 21.5. The lowest BCUT2D eigenvalue weighted by molar-refractivity contribution is -0.228. The lowest BCUT2D eigenvalue weighted by Crippen LogP contribution is -2.59. The van der Waals surface area contributed by atoms with Crippen molar-refractivity contribution < 1.29 is 33.3 Å². The number of ether oxygens (including phenoxy) is 4. The first-order valence-corrected chi connectivity index (χ1v) is 8.03. The molecule has 8 heteroatoms. The van der Waals surface area contributed by atoms with Crippen molar-refractivity contribution in [2.75, 3.05) is 5.75 Å². The molecule has 1 aliphatic rings. The van der Waals surface area contributed by atoms with E-state index in [0.29, 0.717) is 5.75 Å². The van der Waals surface area contributed by atoms with Gasteiger partial charge in [0.05, 0.1) is 11.9 Å². The zero-order valence-electron chi connectivity index (χ0n) is 13.4. The van der Waals surface area contributed by atoms with Crippen LogP contribution in [0.5, 0.6) is 0 Å². The molecule has 0 aliphatic carbocycles. The molecule has 0 aromatic carbocycles. The van der Waals surface area contributed by atoms with Gasteiger partial charge in [0.2, 0.25) is 0 Å². The molecule has 0 aromatic heterocycles.